The minimum atomic E-state index is -1.77. The molecule has 0 saturated heterocycles. The van der Waals surface area contributed by atoms with Crippen LogP contribution in [0.3, 0.4) is 0 Å². The molecule has 0 atom stereocenters. The van der Waals surface area contributed by atoms with E-state index in [1.807, 2.05) is 0 Å². The third-order valence-electron chi connectivity index (χ3n) is 4.31. The van der Waals surface area contributed by atoms with Crippen molar-refractivity contribution in [3.05, 3.63) is 0 Å². The molecule has 2 rings (SSSR count). The molecule has 12 nitrogen and oxygen atoms in total. The monoisotopic (exact) mass is 746 g/mol. The van der Waals surface area contributed by atoms with Crippen LogP contribution in [0.25, 0.3) is 0 Å². The fraction of sp³-hybridized carbons (Fsp3) is 0.143. The lowest BCUT2D eigenvalue weighted by Crippen LogP contribution is -2.52. The molecule has 2 fully saturated rings. The maximum atomic E-state index is 13.1. The lowest BCUT2D eigenvalue weighted by atomic mass is 9.89. The SMILES string of the molecule is O=S=C1C(=S=O)C(=S=O)C(C(=O)SSC(=O)C2C(=S=O)C(=S=O)C(=S=O)C(=S=O)C2=S=O)C(=S=O)C1=S=O. The van der Waals surface area contributed by atoms with Crippen LogP contribution in [-0.4, -0.2) is 101 Å². The summed E-state index contributed by atoms with van der Waals surface area (Å²) in [4.78, 5) is 21.0. The van der Waals surface area contributed by atoms with E-state index in [0.29, 0.717) is 0 Å². The quantitative estimate of drug-likeness (QED) is 0.191. The van der Waals surface area contributed by atoms with E-state index in [0.717, 1.165) is 0 Å². The van der Waals surface area contributed by atoms with E-state index >= 15 is 0 Å². The second-order valence-corrected chi connectivity index (χ2v) is 13.9. The van der Waals surface area contributed by atoms with E-state index in [-0.39, 0.29) is 134 Å². The van der Waals surface area contributed by atoms with Crippen molar-refractivity contribution in [2.24, 2.45) is 11.8 Å². The van der Waals surface area contributed by atoms with E-state index < -0.39 is 70.7 Å². The minimum Gasteiger partial charge on any atom is -0.285 e. The summed E-state index contributed by atoms with van der Waals surface area (Å²) in [7, 11) is 0.267. The van der Waals surface area contributed by atoms with Crippen LogP contribution >= 0.6 is 21.6 Å². The Labute approximate surface area is 254 Å². The lowest BCUT2D eigenvalue weighted by molar-refractivity contribution is -0.112. The molecule has 38 heavy (non-hydrogen) atoms. The van der Waals surface area contributed by atoms with Crippen molar-refractivity contribution in [2.75, 3.05) is 0 Å². The Balaban J connectivity index is 2.57. The van der Waals surface area contributed by atoms with Crippen molar-refractivity contribution in [1.29, 1.82) is 0 Å². The smallest absolute Gasteiger partial charge is 0.213 e. The van der Waals surface area contributed by atoms with Gasteiger partial charge in [-0.3, -0.25) is 9.59 Å². The Bertz CT molecular complexity index is 1530. The molecule has 0 aromatic rings. The summed E-state index contributed by atoms with van der Waals surface area (Å²) in [5.74, 6) is -3.55. The van der Waals surface area contributed by atoms with Crippen LogP contribution in [0, 0.1) is 11.8 Å². The van der Waals surface area contributed by atoms with Crippen molar-refractivity contribution in [1.82, 2.24) is 0 Å². The standard InChI is InChI=1S/C14H2O12S12/c15-13(1-3(27-17)7(31-21)11(35-25)8(32-22)4(1)28-18)37-38-14(16)2-5(29-19)9(33-23)12(36-26)10(34-24)6(2)30-20/h1-2H. The second-order valence-electron chi connectivity index (χ2n) is 5.94. The Hall–Kier alpha value is -1.06. The number of hydrogen-bond donors (Lipinski definition) is 0. The van der Waals surface area contributed by atoms with Gasteiger partial charge in [0.25, 0.3) is 0 Å². The van der Waals surface area contributed by atoms with Gasteiger partial charge in [0.05, 0.1) is 132 Å². The molecule has 2 aliphatic carbocycles. The minimum absolute atomic E-state index is 0.133. The molecule has 0 unspecified atom stereocenters. The third kappa shape index (κ3) is 6.30. The molecule has 0 aromatic heterocycles. The first kappa shape index (κ1) is 33.1. The van der Waals surface area contributed by atoms with Crippen LogP contribution in [0.5, 0.6) is 0 Å². The highest BCUT2D eigenvalue weighted by Gasteiger charge is 2.46. The molecular formula is C14H2O12S12. The zero-order valence-electron chi connectivity index (χ0n) is 17.0. The van der Waals surface area contributed by atoms with Crippen molar-refractivity contribution >= 4 is 193 Å². The van der Waals surface area contributed by atoms with E-state index in [9.17, 15) is 51.7 Å². The highest BCUT2D eigenvalue weighted by molar-refractivity contribution is 8.87. The van der Waals surface area contributed by atoms with Crippen LogP contribution < -0.4 is 0 Å². The van der Waals surface area contributed by atoms with Crippen molar-refractivity contribution in [3.63, 3.8) is 0 Å². The number of rotatable bonds is 2. The first-order chi connectivity index (χ1) is 18.3. The normalized spacial score (nSPS) is 19.5. The summed E-state index contributed by atoms with van der Waals surface area (Å²) >= 11 is -3.42. The van der Waals surface area contributed by atoms with Gasteiger partial charge in [0.2, 0.25) is 10.2 Å². The van der Waals surface area contributed by atoms with E-state index in [2.05, 4.69) is 0 Å². The molecule has 0 radical (unpaired) electrons. The molecule has 0 N–H and O–H groups in total. The van der Waals surface area contributed by atoms with E-state index in [1.54, 1.807) is 0 Å². The molecule has 0 aromatic carbocycles. The predicted octanol–water partition coefficient (Wildman–Crippen LogP) is -5.47. The van der Waals surface area contributed by atoms with E-state index in [4.69, 9.17) is 0 Å². The average Bonchev–Trinajstić information content (AvgIpc) is 2.95. The second kappa shape index (κ2) is 15.7. The van der Waals surface area contributed by atoms with Gasteiger partial charge >= 0.3 is 0 Å². The number of carbonyl (C=O) groups is 2. The largest absolute Gasteiger partial charge is 0.285 e. The fourth-order valence-corrected chi connectivity index (χ4v) is 11.4. The predicted molar refractivity (Wildman–Crippen MR) is 164 cm³/mol. The average molecular weight is 747 g/mol. The maximum absolute atomic E-state index is 13.1. The van der Waals surface area contributed by atoms with Crippen LogP contribution in [0.2, 0.25) is 0 Å². The molecule has 2 saturated carbocycles. The summed E-state index contributed by atoms with van der Waals surface area (Å²) in [6.45, 7) is 0. The molecule has 2 aliphatic rings. The zero-order chi connectivity index (χ0) is 28.6. The van der Waals surface area contributed by atoms with Crippen LogP contribution in [0.15, 0.2) is 0 Å². The Morgan fingerprint density at radius 1 is 0.342 bits per heavy atom. The Kier molecular flexibility index (Phi) is 13.7. The van der Waals surface area contributed by atoms with Gasteiger partial charge in [0.1, 0.15) is 41.0 Å². The zero-order valence-corrected chi connectivity index (χ0v) is 26.8. The van der Waals surface area contributed by atoms with Crippen LogP contribution in [0.1, 0.15) is 0 Å². The highest BCUT2D eigenvalue weighted by atomic mass is 33.1. The molecule has 0 bridgehead atoms. The van der Waals surface area contributed by atoms with Crippen molar-refractivity contribution in [3.8, 4) is 0 Å². The molecule has 0 spiro atoms. The number of carbonyl (C=O) groups excluding carboxylic acids is 2. The summed E-state index contributed by atoms with van der Waals surface area (Å²) in [6.07, 6.45) is 0. The Morgan fingerprint density at radius 2 is 0.553 bits per heavy atom. The van der Waals surface area contributed by atoms with Gasteiger partial charge in [-0.05, 0) is 21.6 Å². The van der Waals surface area contributed by atoms with E-state index in [1.165, 1.54) is 0 Å². The first-order valence-electron chi connectivity index (χ1n) is 8.42. The van der Waals surface area contributed by atoms with Gasteiger partial charge in [-0.25, -0.2) is 42.1 Å². The molecule has 0 amide bonds. The summed E-state index contributed by atoms with van der Waals surface area (Å²) in [5, 5.41) is -2.16. The maximum Gasteiger partial charge on any atom is 0.213 e. The first-order valence-corrected chi connectivity index (χ1v) is 18.0. The highest BCUT2D eigenvalue weighted by Crippen LogP contribution is 2.33. The molecule has 0 aliphatic heterocycles. The topological polar surface area (TPSA) is 205 Å². The van der Waals surface area contributed by atoms with Gasteiger partial charge in [-0.1, -0.05) is 0 Å². The molecule has 24 heteroatoms. The van der Waals surface area contributed by atoms with Crippen molar-refractivity contribution in [2.45, 2.75) is 0 Å². The lowest BCUT2D eigenvalue weighted by Gasteiger charge is -2.24. The van der Waals surface area contributed by atoms with Gasteiger partial charge in [0.15, 0.2) is 0 Å². The van der Waals surface area contributed by atoms with Gasteiger partial charge in [-0.15, -0.1) is 0 Å². The van der Waals surface area contributed by atoms with Crippen molar-refractivity contribution < 1.29 is 51.7 Å². The summed E-state index contributed by atoms with van der Waals surface area (Å²) in [5.41, 5.74) is 0. The third-order valence-corrected chi connectivity index (χ3v) is 13.4. The van der Waals surface area contributed by atoms with Gasteiger partial charge in [0, 0.05) is 0 Å². The molecular weight excluding hydrogens is 745 g/mol. The molecule has 202 valence electrons. The van der Waals surface area contributed by atoms with Crippen LogP contribution in [-0.2, 0) is 122 Å². The van der Waals surface area contributed by atoms with Gasteiger partial charge < -0.3 is 0 Å². The summed E-state index contributed by atoms with van der Waals surface area (Å²) in [6, 6.07) is 0. The Morgan fingerprint density at radius 3 is 0.711 bits per heavy atom. The number of hydrogen-bond acceptors (Lipinski definition) is 14. The molecule has 0 heterocycles. The fourth-order valence-electron chi connectivity index (χ4n) is 2.83. The van der Waals surface area contributed by atoms with Gasteiger partial charge in [-0.2, -0.15) is 0 Å². The summed E-state index contributed by atoms with van der Waals surface area (Å²) < 4.78 is 117. The van der Waals surface area contributed by atoms with Crippen LogP contribution in [0.4, 0.5) is 0 Å².